The monoisotopic (exact) mass is 739 g/mol. The Morgan fingerprint density at radius 1 is 0.808 bits per heavy atom. The second-order valence-corrected chi connectivity index (χ2v) is 12.4. The largest absolute Gasteiger partial charge is 0.481 e. The fourth-order valence-electron chi connectivity index (χ4n) is 5.18. The van der Waals surface area contributed by atoms with Crippen LogP contribution in [-0.2, 0) is 52.7 Å². The molecule has 0 radical (unpaired) electrons. The first-order valence-corrected chi connectivity index (χ1v) is 16.6. The first-order valence-electron chi connectivity index (χ1n) is 16.6. The number of aliphatic hydroxyl groups is 1. The molecule has 7 atom stereocenters. The molecule has 1 aliphatic carbocycles. The van der Waals surface area contributed by atoms with Crippen molar-refractivity contribution in [2.24, 2.45) is 11.7 Å². The van der Waals surface area contributed by atoms with Crippen LogP contribution in [0.5, 0.6) is 0 Å². The lowest BCUT2D eigenvalue weighted by atomic mass is 9.96. The average Bonchev–Trinajstić information content (AvgIpc) is 3.60. The van der Waals surface area contributed by atoms with E-state index in [1.54, 1.807) is 0 Å². The predicted octanol–water partition coefficient (Wildman–Crippen LogP) is -3.44. The summed E-state index contributed by atoms with van der Waals surface area (Å²) >= 11 is 0. The molecule has 1 fully saturated rings. The highest BCUT2D eigenvalue weighted by Gasteiger charge is 2.36. The van der Waals surface area contributed by atoms with E-state index in [0.717, 1.165) is 19.8 Å². The first kappa shape index (κ1) is 44.6. The van der Waals surface area contributed by atoms with Crippen LogP contribution in [0, 0.1) is 5.92 Å². The number of Topliss-reactive ketones (excluding diaryl/α,β-unsaturated/α-hetero) is 1. The molecule has 20 heteroatoms. The molecular weight excluding hydrogens is 690 g/mol. The maximum Gasteiger partial charge on any atom is 0.306 e. The molecule has 10 N–H and O–H groups in total. The fraction of sp³-hybridized carbons (Fsp3) is 0.625. The zero-order chi connectivity index (χ0) is 39.7. The second kappa shape index (κ2) is 21.7. The zero-order valence-corrected chi connectivity index (χ0v) is 29.5. The van der Waals surface area contributed by atoms with Gasteiger partial charge in [-0.15, -0.1) is 0 Å². The van der Waals surface area contributed by atoms with E-state index < -0.39 is 108 Å². The summed E-state index contributed by atoms with van der Waals surface area (Å²) in [5.41, 5.74) is 5.28. The minimum Gasteiger partial charge on any atom is -0.481 e. The number of aliphatic carboxylic acids is 1. The lowest BCUT2D eigenvalue weighted by Gasteiger charge is -2.28. The van der Waals surface area contributed by atoms with Gasteiger partial charge < -0.3 is 52.6 Å². The van der Waals surface area contributed by atoms with Crippen molar-refractivity contribution in [1.29, 1.82) is 0 Å². The number of primary amides is 1. The van der Waals surface area contributed by atoms with Gasteiger partial charge in [0.1, 0.15) is 36.8 Å². The molecule has 0 spiro atoms. The van der Waals surface area contributed by atoms with E-state index in [1.807, 2.05) is 5.32 Å². The van der Waals surface area contributed by atoms with Crippen molar-refractivity contribution in [2.45, 2.75) is 115 Å². The number of carbonyl (C=O) groups excluding carboxylic acids is 9. The van der Waals surface area contributed by atoms with Crippen LogP contribution in [0.1, 0.15) is 72.6 Å². The highest BCUT2D eigenvalue weighted by Crippen LogP contribution is 2.28. The van der Waals surface area contributed by atoms with Crippen molar-refractivity contribution in [3.05, 3.63) is 12.7 Å². The molecule has 1 saturated carbocycles. The minimum atomic E-state index is -1.89. The van der Waals surface area contributed by atoms with Gasteiger partial charge in [0.05, 0.1) is 18.6 Å². The van der Waals surface area contributed by atoms with Crippen molar-refractivity contribution in [3.63, 3.8) is 0 Å². The van der Waals surface area contributed by atoms with Gasteiger partial charge in [0.25, 0.3) is 5.91 Å². The van der Waals surface area contributed by atoms with Crippen LogP contribution in [0.2, 0.25) is 0 Å². The van der Waals surface area contributed by atoms with Crippen LogP contribution in [-0.4, -0.2) is 118 Å². The molecule has 0 aliphatic heterocycles. The van der Waals surface area contributed by atoms with Gasteiger partial charge in [-0.05, 0) is 46.0 Å². The molecule has 0 aromatic rings. The van der Waals surface area contributed by atoms with Crippen LogP contribution in [0.15, 0.2) is 12.7 Å². The minimum absolute atomic E-state index is 0.106. The second-order valence-electron chi connectivity index (χ2n) is 12.4. The van der Waals surface area contributed by atoms with Gasteiger partial charge in [-0.1, -0.05) is 25.5 Å². The molecule has 52 heavy (non-hydrogen) atoms. The summed E-state index contributed by atoms with van der Waals surface area (Å²) in [6.45, 7) is 8.05. The summed E-state index contributed by atoms with van der Waals surface area (Å²) in [7, 11) is 0. The molecule has 0 bridgehead atoms. The Hall–Kier alpha value is -5.40. The lowest BCUT2D eigenvalue weighted by Crippen LogP contribution is -2.60. The standard InChI is InChI=1S/C32H49N7O13/c1-6-13-52-23(44)12-11-20(27(33)46)37-29(48)21(14-22(42)43)38-32(51)26(45)15(2)34-28(47)16(3)35-30(49)24(17(4)40)39-31(50)25(36-18(5)41)19-9-7-8-10-19/h6,15-17,19-21,24-25,40H,1,7-14H2,2-5H3,(H2,33,46)(H,34,47)(H,35,49)(H,36,41)(H,37,48)(H,38,51)(H,39,50)(H,42,43)/t15-,16+,17+,20-,21-,24-,25-/m0/s1. The van der Waals surface area contributed by atoms with Crippen LogP contribution in [0.4, 0.5) is 0 Å². The third-order valence-electron chi connectivity index (χ3n) is 7.96. The lowest BCUT2D eigenvalue weighted by molar-refractivity contribution is -0.144. The Labute approximate surface area is 299 Å². The normalized spacial score (nSPS) is 16.6. The van der Waals surface area contributed by atoms with E-state index in [4.69, 9.17) is 10.5 Å². The van der Waals surface area contributed by atoms with Gasteiger partial charge in [0, 0.05) is 13.3 Å². The SMILES string of the molecule is C=CCOC(=O)CC[C@H](NC(=O)[C@H](CC(=O)O)NC(=O)C(=O)[C@H](C)NC(=O)[C@@H](C)NC(=O)[C@@H](NC(=O)[C@@H](NC(C)=O)C1CCCC1)[C@@H](C)O)C(N)=O. The number of amides is 7. The summed E-state index contributed by atoms with van der Waals surface area (Å²) in [5.74, 6) is -10.7. The fourth-order valence-corrected chi connectivity index (χ4v) is 5.18. The Kier molecular flexibility index (Phi) is 18.7. The number of nitrogens with one attached hydrogen (secondary N) is 6. The van der Waals surface area contributed by atoms with Gasteiger partial charge in [0.2, 0.25) is 41.2 Å². The van der Waals surface area contributed by atoms with E-state index in [1.165, 1.54) is 26.8 Å². The smallest absolute Gasteiger partial charge is 0.306 e. The molecule has 290 valence electrons. The number of hydrogen-bond acceptors (Lipinski definition) is 12. The Morgan fingerprint density at radius 3 is 1.92 bits per heavy atom. The van der Waals surface area contributed by atoms with Gasteiger partial charge in [-0.25, -0.2) is 0 Å². The maximum atomic E-state index is 13.1. The topological polar surface area (TPSA) is 319 Å². The first-order chi connectivity index (χ1) is 24.3. The highest BCUT2D eigenvalue weighted by molar-refractivity contribution is 6.38. The quantitative estimate of drug-likeness (QED) is 0.0297. The van der Waals surface area contributed by atoms with Crippen LogP contribution < -0.4 is 37.6 Å². The molecule has 7 amide bonds. The summed E-state index contributed by atoms with van der Waals surface area (Å²) in [5, 5.41) is 33.1. The molecule has 0 aromatic carbocycles. The number of esters is 1. The molecule has 1 aliphatic rings. The Balaban J connectivity index is 2.87. The molecule has 0 unspecified atom stereocenters. The van der Waals surface area contributed by atoms with E-state index in [-0.39, 0.29) is 25.4 Å². The van der Waals surface area contributed by atoms with Gasteiger partial charge in [-0.2, -0.15) is 0 Å². The number of nitrogens with two attached hydrogens (primary N) is 1. The van der Waals surface area contributed by atoms with Gasteiger partial charge >= 0.3 is 11.9 Å². The third-order valence-corrected chi connectivity index (χ3v) is 7.96. The predicted molar refractivity (Wildman–Crippen MR) is 179 cm³/mol. The Bertz CT molecular complexity index is 1380. The number of rotatable bonds is 22. The molecule has 0 aromatic heterocycles. The van der Waals surface area contributed by atoms with Crippen molar-refractivity contribution in [2.75, 3.05) is 6.61 Å². The molecule has 20 nitrogen and oxygen atoms in total. The maximum absolute atomic E-state index is 13.1. The van der Waals surface area contributed by atoms with Crippen molar-refractivity contribution < 1.29 is 62.9 Å². The number of carbonyl (C=O) groups is 10. The van der Waals surface area contributed by atoms with Crippen LogP contribution in [0.3, 0.4) is 0 Å². The number of ether oxygens (including phenoxy) is 1. The van der Waals surface area contributed by atoms with Crippen LogP contribution >= 0.6 is 0 Å². The summed E-state index contributed by atoms with van der Waals surface area (Å²) in [6.07, 6.45) is 1.22. The van der Waals surface area contributed by atoms with Crippen LogP contribution in [0.25, 0.3) is 0 Å². The number of ketones is 1. The average molecular weight is 740 g/mol. The van der Waals surface area contributed by atoms with E-state index >= 15 is 0 Å². The summed E-state index contributed by atoms with van der Waals surface area (Å²) in [6, 6.07) is -8.81. The van der Waals surface area contributed by atoms with Crippen molar-refractivity contribution >= 4 is 59.1 Å². The Morgan fingerprint density at radius 2 is 1.40 bits per heavy atom. The van der Waals surface area contributed by atoms with Gasteiger partial charge in [-0.3, -0.25) is 47.9 Å². The summed E-state index contributed by atoms with van der Waals surface area (Å²) < 4.78 is 4.78. The number of hydrogen-bond donors (Lipinski definition) is 9. The van der Waals surface area contributed by atoms with E-state index in [2.05, 4.69) is 33.2 Å². The van der Waals surface area contributed by atoms with Crippen molar-refractivity contribution in [1.82, 2.24) is 31.9 Å². The molecular formula is C32H49N7O13. The molecule has 0 heterocycles. The third kappa shape index (κ3) is 15.2. The molecule has 1 rings (SSSR count). The zero-order valence-electron chi connectivity index (χ0n) is 29.5. The number of aliphatic hydroxyl groups excluding tert-OH is 1. The number of carboxylic acids is 1. The summed E-state index contributed by atoms with van der Waals surface area (Å²) in [4.78, 5) is 124. The van der Waals surface area contributed by atoms with Crippen molar-refractivity contribution in [3.8, 4) is 0 Å². The highest BCUT2D eigenvalue weighted by atomic mass is 16.5. The molecule has 0 saturated heterocycles. The van der Waals surface area contributed by atoms with E-state index in [9.17, 15) is 58.2 Å². The number of carboxylic acid groups (broad SMARTS) is 1. The van der Waals surface area contributed by atoms with Gasteiger partial charge in [0.15, 0.2) is 0 Å². The van der Waals surface area contributed by atoms with E-state index in [0.29, 0.717) is 12.8 Å².